The number of benzene rings is 1. The normalized spacial score (nSPS) is 13.3. The molecule has 3 nitrogen and oxygen atoms in total. The molecule has 0 bridgehead atoms. The Bertz CT molecular complexity index is 510. The Balaban J connectivity index is 2.92. The van der Waals surface area contributed by atoms with Crippen LogP contribution in [0, 0.1) is 17.6 Å². The molecule has 0 aliphatic carbocycles. The molecule has 1 rings (SSSR count). The minimum atomic E-state index is -1.24. The van der Waals surface area contributed by atoms with Gasteiger partial charge in [0.25, 0.3) is 5.97 Å². The van der Waals surface area contributed by atoms with Gasteiger partial charge in [0.15, 0.2) is 0 Å². The van der Waals surface area contributed by atoms with Crippen LogP contribution in [-0.4, -0.2) is 26.3 Å². The number of methoxy groups -OCH3 is 2. The molecule has 0 N–H and O–H groups in total. The molecule has 0 spiro atoms. The van der Waals surface area contributed by atoms with E-state index in [1.165, 1.54) is 37.8 Å². The summed E-state index contributed by atoms with van der Waals surface area (Å²) in [5, 5.41) is 0. The number of unbranched alkanes of at least 4 members (excludes halogenated alkanes) is 5. The summed E-state index contributed by atoms with van der Waals surface area (Å²) in [6, 6.07) is 3.61. The monoisotopic (exact) mass is 386 g/mol. The van der Waals surface area contributed by atoms with Gasteiger partial charge in [-0.15, -0.1) is 0 Å². The number of hydrogen-bond donors (Lipinski definition) is 0. The summed E-state index contributed by atoms with van der Waals surface area (Å²) in [5.74, 6) is -2.57. The van der Waals surface area contributed by atoms with Gasteiger partial charge in [0.05, 0.1) is 6.10 Å². The molecule has 0 heterocycles. The van der Waals surface area contributed by atoms with Crippen molar-refractivity contribution in [2.24, 2.45) is 5.92 Å². The summed E-state index contributed by atoms with van der Waals surface area (Å²) in [6.07, 6.45) is 8.08. The average molecular weight is 387 g/mol. The zero-order valence-corrected chi connectivity index (χ0v) is 17.5. The molecule has 0 saturated heterocycles. The quantitative estimate of drug-likeness (QED) is 0.279. The standard InChI is InChI=1S/C22H36F2O3/c1-6-7-8-9-10-11-12-19(22(25-4,26-5)27-17(2)3)13-18-14-20(23)16-21(24)15-18/h14-17,19H,6-13H2,1-5H3. The maximum absolute atomic E-state index is 13.6. The molecule has 0 aliphatic heterocycles. The molecule has 1 atom stereocenters. The van der Waals surface area contributed by atoms with Gasteiger partial charge in [-0.2, -0.15) is 0 Å². The average Bonchev–Trinajstić information content (AvgIpc) is 2.60. The van der Waals surface area contributed by atoms with E-state index in [0.29, 0.717) is 12.0 Å². The zero-order chi connectivity index (χ0) is 20.3. The van der Waals surface area contributed by atoms with Gasteiger partial charge in [0.2, 0.25) is 0 Å². The van der Waals surface area contributed by atoms with Crippen LogP contribution < -0.4 is 0 Å². The summed E-state index contributed by atoms with van der Waals surface area (Å²) < 4.78 is 44.6. The summed E-state index contributed by atoms with van der Waals surface area (Å²) >= 11 is 0. The van der Waals surface area contributed by atoms with Crippen molar-refractivity contribution in [2.45, 2.75) is 84.2 Å². The highest BCUT2D eigenvalue weighted by molar-refractivity contribution is 5.18. The van der Waals surface area contributed by atoms with Crippen molar-refractivity contribution in [3.05, 3.63) is 35.4 Å². The Hall–Kier alpha value is -1.04. The smallest absolute Gasteiger partial charge is 0.285 e. The van der Waals surface area contributed by atoms with Crippen molar-refractivity contribution in [2.75, 3.05) is 14.2 Å². The number of ether oxygens (including phenoxy) is 3. The van der Waals surface area contributed by atoms with Crippen LogP contribution in [0.15, 0.2) is 18.2 Å². The van der Waals surface area contributed by atoms with E-state index in [2.05, 4.69) is 6.92 Å². The van der Waals surface area contributed by atoms with Gasteiger partial charge in [-0.25, -0.2) is 8.78 Å². The lowest BCUT2D eigenvalue weighted by Crippen LogP contribution is -2.47. The van der Waals surface area contributed by atoms with E-state index in [4.69, 9.17) is 14.2 Å². The molecule has 0 amide bonds. The molecular formula is C22H36F2O3. The van der Waals surface area contributed by atoms with E-state index >= 15 is 0 Å². The van der Waals surface area contributed by atoms with Gasteiger partial charge in [-0.3, -0.25) is 0 Å². The van der Waals surface area contributed by atoms with Gasteiger partial charge in [0, 0.05) is 26.2 Å². The fourth-order valence-corrected chi connectivity index (χ4v) is 3.53. The van der Waals surface area contributed by atoms with E-state index in [1.54, 1.807) is 14.2 Å². The van der Waals surface area contributed by atoms with Crippen LogP contribution >= 0.6 is 0 Å². The first-order valence-electron chi connectivity index (χ1n) is 10.1. The van der Waals surface area contributed by atoms with Gasteiger partial charge in [0.1, 0.15) is 11.6 Å². The van der Waals surface area contributed by atoms with Gasteiger partial charge in [-0.1, -0.05) is 45.4 Å². The Labute approximate surface area is 163 Å². The highest BCUT2D eigenvalue weighted by Crippen LogP contribution is 2.33. The largest absolute Gasteiger partial charge is 0.331 e. The predicted octanol–water partition coefficient (Wildman–Crippen LogP) is 6.25. The maximum Gasteiger partial charge on any atom is 0.285 e. The molecule has 1 aromatic rings. The molecular weight excluding hydrogens is 350 g/mol. The highest BCUT2D eigenvalue weighted by Gasteiger charge is 2.41. The molecule has 0 saturated carbocycles. The van der Waals surface area contributed by atoms with Crippen molar-refractivity contribution < 1.29 is 23.0 Å². The van der Waals surface area contributed by atoms with Crippen molar-refractivity contribution in [3.63, 3.8) is 0 Å². The molecule has 5 heteroatoms. The molecule has 1 unspecified atom stereocenters. The third-order valence-corrected chi connectivity index (χ3v) is 4.78. The van der Waals surface area contributed by atoms with E-state index in [9.17, 15) is 8.78 Å². The third-order valence-electron chi connectivity index (χ3n) is 4.78. The van der Waals surface area contributed by atoms with Crippen LogP contribution in [0.1, 0.15) is 71.3 Å². The minimum absolute atomic E-state index is 0.110. The van der Waals surface area contributed by atoms with Gasteiger partial charge in [-0.05, 0) is 44.4 Å². The van der Waals surface area contributed by atoms with Gasteiger partial charge >= 0.3 is 0 Å². The molecule has 0 fully saturated rings. The van der Waals surface area contributed by atoms with Crippen LogP contribution in [0.25, 0.3) is 0 Å². The van der Waals surface area contributed by atoms with Crippen molar-refractivity contribution in [3.8, 4) is 0 Å². The lowest BCUT2D eigenvalue weighted by Gasteiger charge is -2.39. The lowest BCUT2D eigenvalue weighted by molar-refractivity contribution is -0.398. The van der Waals surface area contributed by atoms with E-state index in [-0.39, 0.29) is 12.0 Å². The van der Waals surface area contributed by atoms with E-state index in [1.807, 2.05) is 13.8 Å². The maximum atomic E-state index is 13.6. The summed E-state index contributed by atoms with van der Waals surface area (Å²) in [7, 11) is 3.10. The molecule has 0 radical (unpaired) electrons. The molecule has 1 aromatic carbocycles. The Kier molecular flexibility index (Phi) is 11.0. The van der Waals surface area contributed by atoms with Crippen LogP contribution in [0.3, 0.4) is 0 Å². The molecule has 0 aromatic heterocycles. The summed E-state index contributed by atoms with van der Waals surface area (Å²) in [5.41, 5.74) is 0.578. The Morgan fingerprint density at radius 2 is 1.44 bits per heavy atom. The van der Waals surface area contributed by atoms with Crippen molar-refractivity contribution >= 4 is 0 Å². The van der Waals surface area contributed by atoms with Crippen LogP contribution in [0.5, 0.6) is 0 Å². The SMILES string of the molecule is CCCCCCCCC(Cc1cc(F)cc(F)c1)C(OC)(OC)OC(C)C. The first kappa shape index (κ1) is 24.0. The van der Waals surface area contributed by atoms with Crippen LogP contribution in [0.4, 0.5) is 8.78 Å². The zero-order valence-electron chi connectivity index (χ0n) is 17.5. The lowest BCUT2D eigenvalue weighted by atomic mass is 9.90. The molecule has 27 heavy (non-hydrogen) atoms. The summed E-state index contributed by atoms with van der Waals surface area (Å²) in [4.78, 5) is 0. The molecule has 156 valence electrons. The number of hydrogen-bond acceptors (Lipinski definition) is 3. The van der Waals surface area contributed by atoms with E-state index in [0.717, 1.165) is 25.3 Å². The second-order valence-corrected chi connectivity index (χ2v) is 7.41. The fraction of sp³-hybridized carbons (Fsp3) is 0.727. The predicted molar refractivity (Wildman–Crippen MR) is 105 cm³/mol. The van der Waals surface area contributed by atoms with Crippen molar-refractivity contribution in [1.29, 1.82) is 0 Å². The van der Waals surface area contributed by atoms with E-state index < -0.39 is 17.6 Å². The highest BCUT2D eigenvalue weighted by atomic mass is 19.1. The topological polar surface area (TPSA) is 27.7 Å². The fourth-order valence-electron chi connectivity index (χ4n) is 3.53. The van der Waals surface area contributed by atoms with Crippen LogP contribution in [-0.2, 0) is 20.6 Å². The second-order valence-electron chi connectivity index (χ2n) is 7.41. The Morgan fingerprint density at radius 3 is 1.96 bits per heavy atom. The van der Waals surface area contributed by atoms with Crippen molar-refractivity contribution in [1.82, 2.24) is 0 Å². The first-order chi connectivity index (χ1) is 12.9. The summed E-state index contributed by atoms with van der Waals surface area (Å²) in [6.45, 7) is 6.02. The Morgan fingerprint density at radius 1 is 0.889 bits per heavy atom. The third kappa shape index (κ3) is 8.24. The number of rotatable bonds is 14. The minimum Gasteiger partial charge on any atom is -0.331 e. The second kappa shape index (κ2) is 12.4. The van der Waals surface area contributed by atoms with Crippen LogP contribution in [0.2, 0.25) is 0 Å². The number of halogens is 2. The van der Waals surface area contributed by atoms with Gasteiger partial charge < -0.3 is 14.2 Å². The molecule has 0 aliphatic rings. The first-order valence-corrected chi connectivity index (χ1v) is 10.1.